The lowest BCUT2D eigenvalue weighted by Crippen LogP contribution is -2.38. The van der Waals surface area contributed by atoms with Gasteiger partial charge in [0.05, 0.1) is 17.3 Å². The zero-order chi connectivity index (χ0) is 21.4. The van der Waals surface area contributed by atoms with Crippen molar-refractivity contribution in [1.82, 2.24) is 20.2 Å². The van der Waals surface area contributed by atoms with Gasteiger partial charge in [-0.3, -0.25) is 9.69 Å². The summed E-state index contributed by atoms with van der Waals surface area (Å²) in [6.45, 7) is 5.88. The van der Waals surface area contributed by atoms with Gasteiger partial charge in [0, 0.05) is 17.2 Å². The topological polar surface area (TPSA) is 78.1 Å². The van der Waals surface area contributed by atoms with E-state index in [0.717, 1.165) is 22.4 Å². The highest BCUT2D eigenvalue weighted by Gasteiger charge is 2.41. The number of imidazole rings is 1. The van der Waals surface area contributed by atoms with Gasteiger partial charge in [0.2, 0.25) is 0 Å². The standard InChI is InChI=1S/C23H23ClN4O2/c1-13-9-10-17(18(24)11-13)20-15(3)26-22(27-20)21(28-19(29)12-25-23(28)30)14(2)16-7-5-4-6-8-16/h4-11,14,21H,12H2,1-3H3,(H,25,30)(H,26,27). The molecular formula is C23H23ClN4O2. The Labute approximate surface area is 180 Å². The highest BCUT2D eigenvalue weighted by molar-refractivity contribution is 6.33. The molecule has 3 aromatic rings. The Bertz CT molecular complexity index is 1090. The molecule has 0 saturated carbocycles. The molecule has 7 heteroatoms. The van der Waals surface area contributed by atoms with Crippen molar-refractivity contribution < 1.29 is 9.59 Å². The van der Waals surface area contributed by atoms with Gasteiger partial charge in [-0.1, -0.05) is 61.0 Å². The number of imide groups is 1. The second-order valence-electron chi connectivity index (χ2n) is 7.65. The van der Waals surface area contributed by atoms with E-state index in [1.807, 2.05) is 69.3 Å². The van der Waals surface area contributed by atoms with Crippen LogP contribution in [0.1, 0.15) is 41.5 Å². The van der Waals surface area contributed by atoms with Crippen LogP contribution in [0.4, 0.5) is 4.79 Å². The van der Waals surface area contributed by atoms with E-state index in [4.69, 9.17) is 16.6 Å². The molecule has 6 nitrogen and oxygen atoms in total. The molecule has 0 bridgehead atoms. The first-order valence-corrected chi connectivity index (χ1v) is 10.2. The number of carbonyl (C=O) groups excluding carboxylic acids is 2. The Morgan fingerprint density at radius 1 is 1.10 bits per heavy atom. The summed E-state index contributed by atoms with van der Waals surface area (Å²) in [5.41, 5.74) is 4.43. The summed E-state index contributed by atoms with van der Waals surface area (Å²) in [7, 11) is 0. The Morgan fingerprint density at radius 2 is 1.83 bits per heavy atom. The predicted molar refractivity (Wildman–Crippen MR) is 116 cm³/mol. The van der Waals surface area contributed by atoms with Crippen LogP contribution in [0.5, 0.6) is 0 Å². The van der Waals surface area contributed by atoms with Gasteiger partial charge in [-0.05, 0) is 31.0 Å². The van der Waals surface area contributed by atoms with Crippen molar-refractivity contribution in [1.29, 1.82) is 0 Å². The largest absolute Gasteiger partial charge is 0.344 e. The zero-order valence-electron chi connectivity index (χ0n) is 17.1. The molecule has 0 radical (unpaired) electrons. The van der Waals surface area contributed by atoms with Crippen molar-refractivity contribution in [3.8, 4) is 11.3 Å². The van der Waals surface area contributed by atoms with Gasteiger partial charge in [-0.15, -0.1) is 0 Å². The number of halogens is 1. The minimum Gasteiger partial charge on any atom is -0.344 e. The summed E-state index contributed by atoms with van der Waals surface area (Å²) in [6, 6.07) is 14.6. The first-order valence-electron chi connectivity index (χ1n) is 9.84. The van der Waals surface area contributed by atoms with Crippen LogP contribution < -0.4 is 5.32 Å². The molecule has 1 fully saturated rings. The van der Waals surface area contributed by atoms with Crippen LogP contribution >= 0.6 is 11.6 Å². The lowest BCUT2D eigenvalue weighted by atomic mass is 9.91. The normalized spacial score (nSPS) is 15.9. The quantitative estimate of drug-likeness (QED) is 0.583. The van der Waals surface area contributed by atoms with Crippen LogP contribution in [0, 0.1) is 13.8 Å². The molecular weight excluding hydrogens is 400 g/mol. The Balaban J connectivity index is 1.82. The second kappa shape index (κ2) is 7.95. The highest BCUT2D eigenvalue weighted by atomic mass is 35.5. The van der Waals surface area contributed by atoms with Crippen molar-refractivity contribution in [3.05, 3.63) is 76.2 Å². The summed E-state index contributed by atoms with van der Waals surface area (Å²) < 4.78 is 0. The Hall–Kier alpha value is -3.12. The van der Waals surface area contributed by atoms with E-state index in [2.05, 4.69) is 10.3 Å². The van der Waals surface area contributed by atoms with E-state index in [9.17, 15) is 9.59 Å². The molecule has 2 heterocycles. The average molecular weight is 423 g/mol. The van der Waals surface area contributed by atoms with Crippen LogP contribution in [0.25, 0.3) is 11.3 Å². The van der Waals surface area contributed by atoms with Crippen molar-refractivity contribution in [3.63, 3.8) is 0 Å². The molecule has 2 atom stereocenters. The van der Waals surface area contributed by atoms with Gasteiger partial charge in [-0.2, -0.15) is 0 Å². The number of H-pyrrole nitrogens is 1. The van der Waals surface area contributed by atoms with Gasteiger partial charge in [0.25, 0.3) is 5.91 Å². The Morgan fingerprint density at radius 3 is 2.47 bits per heavy atom. The number of urea groups is 1. The average Bonchev–Trinajstić information content (AvgIpc) is 3.26. The number of hydrogen-bond acceptors (Lipinski definition) is 3. The van der Waals surface area contributed by atoms with Gasteiger partial charge >= 0.3 is 6.03 Å². The lowest BCUT2D eigenvalue weighted by molar-refractivity contribution is -0.127. The number of hydrogen-bond donors (Lipinski definition) is 2. The molecule has 1 aliphatic heterocycles. The molecule has 1 aromatic heterocycles. The number of carbonyl (C=O) groups is 2. The predicted octanol–water partition coefficient (Wildman–Crippen LogP) is 4.74. The minimum atomic E-state index is -0.570. The number of nitrogens with zero attached hydrogens (tertiary/aromatic N) is 2. The van der Waals surface area contributed by atoms with Crippen LogP contribution in [0.2, 0.25) is 5.02 Å². The number of amides is 3. The third kappa shape index (κ3) is 3.59. The van der Waals surface area contributed by atoms with E-state index in [-0.39, 0.29) is 18.4 Å². The van der Waals surface area contributed by atoms with E-state index < -0.39 is 12.1 Å². The third-order valence-corrected chi connectivity index (χ3v) is 5.83. The first kappa shape index (κ1) is 20.2. The van der Waals surface area contributed by atoms with Crippen molar-refractivity contribution in [2.24, 2.45) is 0 Å². The number of benzene rings is 2. The molecule has 30 heavy (non-hydrogen) atoms. The minimum absolute atomic E-state index is 0.00676. The number of rotatable bonds is 5. The second-order valence-corrected chi connectivity index (χ2v) is 8.05. The highest BCUT2D eigenvalue weighted by Crippen LogP contribution is 2.38. The molecule has 4 rings (SSSR count). The van der Waals surface area contributed by atoms with E-state index in [1.54, 1.807) is 0 Å². The summed E-state index contributed by atoms with van der Waals surface area (Å²) in [4.78, 5) is 34.5. The van der Waals surface area contributed by atoms with Crippen LogP contribution in [-0.4, -0.2) is 33.4 Å². The summed E-state index contributed by atoms with van der Waals surface area (Å²) in [6.07, 6.45) is 0. The smallest absolute Gasteiger partial charge is 0.325 e. The summed E-state index contributed by atoms with van der Waals surface area (Å²) in [5.74, 6) is 0.128. The SMILES string of the molecule is Cc1ccc(-c2nc(C(C(C)c3ccccc3)N3C(=O)CNC3=O)[nH]c2C)c(Cl)c1. The lowest BCUT2D eigenvalue weighted by Gasteiger charge is -2.29. The summed E-state index contributed by atoms with van der Waals surface area (Å²) >= 11 is 6.47. The van der Waals surface area contributed by atoms with E-state index in [0.29, 0.717) is 16.5 Å². The van der Waals surface area contributed by atoms with Crippen LogP contribution in [0.15, 0.2) is 48.5 Å². The molecule has 1 aliphatic rings. The maximum Gasteiger partial charge on any atom is 0.325 e. The molecule has 3 amide bonds. The van der Waals surface area contributed by atoms with Crippen molar-refractivity contribution >= 4 is 23.5 Å². The maximum absolute atomic E-state index is 12.6. The molecule has 0 spiro atoms. The van der Waals surface area contributed by atoms with E-state index in [1.165, 1.54) is 4.90 Å². The van der Waals surface area contributed by atoms with E-state index >= 15 is 0 Å². The number of aromatic amines is 1. The van der Waals surface area contributed by atoms with Crippen LogP contribution in [0.3, 0.4) is 0 Å². The fraction of sp³-hybridized carbons (Fsp3) is 0.261. The molecule has 2 N–H and O–H groups in total. The molecule has 1 saturated heterocycles. The van der Waals surface area contributed by atoms with Crippen LogP contribution in [-0.2, 0) is 4.79 Å². The maximum atomic E-state index is 12.6. The Kier molecular flexibility index (Phi) is 5.35. The zero-order valence-corrected chi connectivity index (χ0v) is 17.8. The number of nitrogens with one attached hydrogen (secondary N) is 2. The van der Waals surface area contributed by atoms with Crippen molar-refractivity contribution in [2.45, 2.75) is 32.7 Å². The third-order valence-electron chi connectivity index (χ3n) is 5.52. The molecule has 2 unspecified atom stereocenters. The van der Waals surface area contributed by atoms with Gasteiger partial charge < -0.3 is 10.3 Å². The van der Waals surface area contributed by atoms with Gasteiger partial charge in [0.1, 0.15) is 11.9 Å². The number of aromatic nitrogens is 2. The first-order chi connectivity index (χ1) is 14.4. The summed E-state index contributed by atoms with van der Waals surface area (Å²) in [5, 5.41) is 3.23. The van der Waals surface area contributed by atoms with Crippen molar-refractivity contribution in [2.75, 3.05) is 6.54 Å². The fourth-order valence-electron chi connectivity index (χ4n) is 3.94. The molecule has 154 valence electrons. The molecule has 0 aliphatic carbocycles. The van der Waals surface area contributed by atoms with Gasteiger partial charge in [-0.25, -0.2) is 9.78 Å². The number of aryl methyl sites for hydroxylation is 2. The molecule has 2 aromatic carbocycles. The fourth-order valence-corrected chi connectivity index (χ4v) is 4.26. The van der Waals surface area contributed by atoms with Gasteiger partial charge in [0.15, 0.2) is 0 Å². The monoisotopic (exact) mass is 422 g/mol.